The lowest BCUT2D eigenvalue weighted by atomic mass is 9.96. The predicted molar refractivity (Wildman–Crippen MR) is 142 cm³/mol. The molecule has 0 spiro atoms. The Labute approximate surface area is 231 Å². The third kappa shape index (κ3) is 4.86. The topological polar surface area (TPSA) is 117 Å². The van der Waals surface area contributed by atoms with Gasteiger partial charge in [-0.3, -0.25) is 43.6 Å². The van der Waals surface area contributed by atoms with Gasteiger partial charge in [0.2, 0.25) is 0 Å². The molecular formula is C29H30N4O7. The van der Waals surface area contributed by atoms with Gasteiger partial charge in [0.15, 0.2) is 5.78 Å². The lowest BCUT2D eigenvalue weighted by Gasteiger charge is -2.27. The van der Waals surface area contributed by atoms with Crippen LogP contribution in [0.3, 0.4) is 0 Å². The molecule has 4 heterocycles. The van der Waals surface area contributed by atoms with Crippen molar-refractivity contribution in [3.63, 3.8) is 0 Å². The van der Waals surface area contributed by atoms with Gasteiger partial charge in [-0.15, -0.1) is 0 Å². The van der Waals surface area contributed by atoms with Crippen molar-refractivity contribution in [1.82, 2.24) is 19.6 Å². The van der Waals surface area contributed by atoms with Crippen molar-refractivity contribution in [2.45, 2.75) is 0 Å². The van der Waals surface area contributed by atoms with Crippen LogP contribution < -0.4 is 0 Å². The van der Waals surface area contributed by atoms with Gasteiger partial charge in [-0.1, -0.05) is 12.1 Å². The van der Waals surface area contributed by atoms with Gasteiger partial charge in [-0.25, -0.2) is 0 Å². The standard InChI is InChI=1S/C29H30N4O7/c34-25(19-1-3-21-23(17-19)28(37)32(26(21)35)7-5-30-9-13-39-14-10-30)20-2-4-22-24(18-20)29(38)33(27(22)36)8-6-31-11-15-40-16-12-31/h1-4,17-18H,5-16H2. The van der Waals surface area contributed by atoms with Gasteiger partial charge in [0.1, 0.15) is 0 Å². The molecule has 6 rings (SSSR count). The van der Waals surface area contributed by atoms with E-state index in [1.54, 1.807) is 0 Å². The third-order valence-corrected chi connectivity index (χ3v) is 7.95. The smallest absolute Gasteiger partial charge is 0.261 e. The fourth-order valence-corrected chi connectivity index (χ4v) is 5.57. The zero-order valence-corrected chi connectivity index (χ0v) is 22.1. The summed E-state index contributed by atoms with van der Waals surface area (Å²) in [5, 5.41) is 0. The Morgan fingerprint density at radius 3 is 1.32 bits per heavy atom. The van der Waals surface area contributed by atoms with Crippen LogP contribution in [-0.2, 0) is 9.47 Å². The van der Waals surface area contributed by atoms with Gasteiger partial charge in [0.05, 0.1) is 48.7 Å². The first-order valence-corrected chi connectivity index (χ1v) is 13.6. The minimum atomic E-state index is -0.423. The van der Waals surface area contributed by atoms with Crippen molar-refractivity contribution in [3.8, 4) is 0 Å². The maximum absolute atomic E-state index is 13.4. The second-order valence-corrected chi connectivity index (χ2v) is 10.3. The van der Waals surface area contributed by atoms with E-state index in [0.29, 0.717) is 39.5 Å². The molecule has 0 unspecified atom stereocenters. The molecule has 2 aromatic carbocycles. The molecule has 2 aromatic rings. The zero-order valence-electron chi connectivity index (χ0n) is 22.1. The number of fused-ring (bicyclic) bond motifs is 2. The molecule has 11 nitrogen and oxygen atoms in total. The van der Waals surface area contributed by atoms with Crippen LogP contribution in [0.1, 0.15) is 57.4 Å². The number of rotatable bonds is 8. The van der Waals surface area contributed by atoms with E-state index in [0.717, 1.165) is 26.2 Å². The van der Waals surface area contributed by atoms with Crippen molar-refractivity contribution >= 4 is 29.4 Å². The number of ether oxygens (including phenoxy) is 2. The number of carbonyl (C=O) groups is 5. The molecule has 0 saturated carbocycles. The molecule has 4 amide bonds. The zero-order chi connectivity index (χ0) is 27.8. The van der Waals surface area contributed by atoms with E-state index in [4.69, 9.17) is 9.47 Å². The first kappa shape index (κ1) is 26.5. The molecular weight excluding hydrogens is 516 g/mol. The Morgan fingerprint density at radius 1 is 0.550 bits per heavy atom. The number of hydrogen-bond donors (Lipinski definition) is 0. The maximum Gasteiger partial charge on any atom is 0.261 e. The van der Waals surface area contributed by atoms with Gasteiger partial charge in [-0.2, -0.15) is 0 Å². The van der Waals surface area contributed by atoms with Gasteiger partial charge in [-0.05, 0) is 24.3 Å². The number of carbonyl (C=O) groups excluding carboxylic acids is 5. The maximum atomic E-state index is 13.4. The average molecular weight is 547 g/mol. The SMILES string of the molecule is O=C(c1ccc2c(c1)C(=O)N(CCN1CCOCC1)C2=O)c1ccc2c(c1)C(=O)N(CCN1CCOCC1)C2=O. The molecule has 0 bridgehead atoms. The van der Waals surface area contributed by atoms with E-state index in [-0.39, 0.29) is 58.3 Å². The normalized spacial score (nSPS) is 19.9. The van der Waals surface area contributed by atoms with Crippen molar-refractivity contribution in [1.29, 1.82) is 0 Å². The molecule has 2 saturated heterocycles. The number of benzene rings is 2. The second-order valence-electron chi connectivity index (χ2n) is 10.3. The molecule has 0 aromatic heterocycles. The molecule has 0 aliphatic carbocycles. The summed E-state index contributed by atoms with van der Waals surface area (Å²) in [6.45, 7) is 7.17. The summed E-state index contributed by atoms with van der Waals surface area (Å²) in [5.41, 5.74) is 1.40. The first-order valence-electron chi connectivity index (χ1n) is 13.6. The fraction of sp³-hybridized carbons (Fsp3) is 0.414. The van der Waals surface area contributed by atoms with Gasteiger partial charge in [0, 0.05) is 63.5 Å². The van der Waals surface area contributed by atoms with E-state index in [2.05, 4.69) is 9.80 Å². The fourth-order valence-electron chi connectivity index (χ4n) is 5.57. The molecule has 4 aliphatic heterocycles. The van der Waals surface area contributed by atoms with E-state index < -0.39 is 17.6 Å². The monoisotopic (exact) mass is 546 g/mol. The molecule has 0 atom stereocenters. The van der Waals surface area contributed by atoms with E-state index in [9.17, 15) is 24.0 Å². The summed E-state index contributed by atoms with van der Waals surface area (Å²) >= 11 is 0. The quantitative estimate of drug-likeness (QED) is 0.350. The molecule has 4 aliphatic rings. The minimum Gasteiger partial charge on any atom is -0.379 e. The van der Waals surface area contributed by atoms with Gasteiger partial charge < -0.3 is 9.47 Å². The van der Waals surface area contributed by atoms with Crippen LogP contribution >= 0.6 is 0 Å². The number of morpholine rings is 2. The molecule has 2 fully saturated rings. The van der Waals surface area contributed by atoms with Crippen molar-refractivity contribution in [2.75, 3.05) is 78.8 Å². The van der Waals surface area contributed by atoms with Crippen LogP contribution in [0, 0.1) is 0 Å². The largest absolute Gasteiger partial charge is 0.379 e. The Balaban J connectivity index is 1.15. The highest BCUT2D eigenvalue weighted by atomic mass is 16.5. The summed E-state index contributed by atoms with van der Waals surface area (Å²) in [5.74, 6) is -1.98. The number of amides is 4. The molecule has 208 valence electrons. The molecule has 40 heavy (non-hydrogen) atoms. The van der Waals surface area contributed by atoms with Crippen LogP contribution in [0.2, 0.25) is 0 Å². The number of imide groups is 2. The van der Waals surface area contributed by atoms with Crippen LogP contribution in [0.4, 0.5) is 0 Å². The van der Waals surface area contributed by atoms with Crippen LogP contribution in [0.5, 0.6) is 0 Å². The number of nitrogens with zero attached hydrogens (tertiary/aromatic N) is 4. The van der Waals surface area contributed by atoms with E-state index >= 15 is 0 Å². The lowest BCUT2D eigenvalue weighted by Crippen LogP contribution is -2.42. The molecule has 0 N–H and O–H groups in total. The number of ketones is 1. The highest BCUT2D eigenvalue weighted by Gasteiger charge is 2.38. The van der Waals surface area contributed by atoms with E-state index in [1.165, 1.54) is 46.2 Å². The molecule has 11 heteroatoms. The highest BCUT2D eigenvalue weighted by molar-refractivity contribution is 6.24. The summed E-state index contributed by atoms with van der Waals surface area (Å²) in [4.78, 5) is 72.1. The van der Waals surface area contributed by atoms with E-state index in [1.807, 2.05) is 0 Å². The summed E-state index contributed by atoms with van der Waals surface area (Å²) in [6.07, 6.45) is 0. The van der Waals surface area contributed by atoms with Crippen molar-refractivity contribution < 1.29 is 33.4 Å². The van der Waals surface area contributed by atoms with Crippen LogP contribution in [0.25, 0.3) is 0 Å². The highest BCUT2D eigenvalue weighted by Crippen LogP contribution is 2.28. The summed E-state index contributed by atoms with van der Waals surface area (Å²) in [6, 6.07) is 8.95. The van der Waals surface area contributed by atoms with Crippen LogP contribution in [-0.4, -0.2) is 128 Å². The van der Waals surface area contributed by atoms with Crippen LogP contribution in [0.15, 0.2) is 36.4 Å². The third-order valence-electron chi connectivity index (χ3n) is 7.95. The predicted octanol–water partition coefficient (Wildman–Crippen LogP) is 0.774. The Bertz CT molecular complexity index is 1290. The first-order chi connectivity index (χ1) is 19.4. The van der Waals surface area contributed by atoms with Crippen molar-refractivity contribution in [3.05, 3.63) is 69.8 Å². The Kier molecular flexibility index (Phi) is 7.28. The Morgan fingerprint density at radius 2 is 0.925 bits per heavy atom. The van der Waals surface area contributed by atoms with Gasteiger partial charge in [0.25, 0.3) is 23.6 Å². The number of hydrogen-bond acceptors (Lipinski definition) is 9. The Hall–Kier alpha value is -3.77. The molecule has 0 radical (unpaired) electrons. The van der Waals surface area contributed by atoms with Gasteiger partial charge >= 0.3 is 0 Å². The minimum absolute atomic E-state index is 0.194. The summed E-state index contributed by atoms with van der Waals surface area (Å²) < 4.78 is 10.7. The average Bonchev–Trinajstić information content (AvgIpc) is 3.38. The van der Waals surface area contributed by atoms with Crippen molar-refractivity contribution in [2.24, 2.45) is 0 Å². The lowest BCUT2D eigenvalue weighted by molar-refractivity contribution is 0.0320. The second kappa shape index (κ2) is 11.0. The summed E-state index contributed by atoms with van der Waals surface area (Å²) in [7, 11) is 0.